The maximum atomic E-state index is 12.1. The molecular formula is C17H15Cl2N7O5. The van der Waals surface area contributed by atoms with Gasteiger partial charge in [0.2, 0.25) is 0 Å². The predicted octanol–water partition coefficient (Wildman–Crippen LogP) is 2.00. The van der Waals surface area contributed by atoms with Crippen molar-refractivity contribution in [1.29, 1.82) is 0 Å². The fourth-order valence-electron chi connectivity index (χ4n) is 2.48. The van der Waals surface area contributed by atoms with Crippen molar-refractivity contribution in [2.24, 2.45) is 0 Å². The van der Waals surface area contributed by atoms with Gasteiger partial charge in [-0.25, -0.2) is 0 Å². The number of carbonyl (C=O) groups excluding carboxylic acids is 2. The summed E-state index contributed by atoms with van der Waals surface area (Å²) in [6.45, 7) is 1.75. The number of rotatable bonds is 8. The largest absolute Gasteiger partial charge is 0.408 e. The van der Waals surface area contributed by atoms with E-state index in [9.17, 15) is 19.7 Å². The lowest BCUT2D eigenvalue weighted by Gasteiger charge is -2.06. The van der Waals surface area contributed by atoms with Crippen LogP contribution in [0.5, 0.6) is 0 Å². The quantitative estimate of drug-likeness (QED) is 0.289. The molecule has 3 rings (SSSR count). The normalized spacial score (nSPS) is 10.7. The van der Waals surface area contributed by atoms with E-state index < -0.39 is 16.6 Å². The molecule has 2 heterocycles. The molecule has 0 spiro atoms. The van der Waals surface area contributed by atoms with Crippen molar-refractivity contribution in [1.82, 2.24) is 30.6 Å². The van der Waals surface area contributed by atoms with Crippen molar-refractivity contribution in [3.8, 4) is 0 Å². The third-order valence-corrected chi connectivity index (χ3v) is 4.70. The Morgan fingerprint density at radius 3 is 2.58 bits per heavy atom. The molecule has 0 atom stereocenters. The molecule has 12 nitrogen and oxygen atoms in total. The molecule has 0 radical (unpaired) electrons. The molecule has 0 unspecified atom stereocenters. The number of benzene rings is 1. The zero-order valence-corrected chi connectivity index (χ0v) is 17.5. The number of nitro groups is 1. The molecule has 0 fully saturated rings. The number of halogens is 2. The highest BCUT2D eigenvalue weighted by molar-refractivity contribution is 6.33. The Kier molecular flexibility index (Phi) is 6.82. The summed E-state index contributed by atoms with van der Waals surface area (Å²) in [5, 5.41) is 23.9. The molecule has 2 N–H and O–H groups in total. The lowest BCUT2D eigenvalue weighted by atomic mass is 10.2. The molecule has 0 saturated carbocycles. The Labute approximate surface area is 184 Å². The van der Waals surface area contributed by atoms with Crippen LogP contribution in [0.4, 0.5) is 5.82 Å². The molecule has 2 aromatic heterocycles. The molecule has 0 aliphatic carbocycles. The van der Waals surface area contributed by atoms with Gasteiger partial charge in [0.25, 0.3) is 5.91 Å². The first-order chi connectivity index (χ1) is 14.8. The van der Waals surface area contributed by atoms with Gasteiger partial charge in [0.1, 0.15) is 6.54 Å². The highest BCUT2D eigenvalue weighted by Gasteiger charge is 2.25. The van der Waals surface area contributed by atoms with Crippen LogP contribution in [0.1, 0.15) is 32.6 Å². The number of hydrogen-bond acceptors (Lipinski definition) is 8. The highest BCUT2D eigenvalue weighted by Crippen LogP contribution is 2.26. The van der Waals surface area contributed by atoms with Crippen LogP contribution in [0, 0.1) is 17.0 Å². The minimum absolute atomic E-state index is 0.0775. The van der Waals surface area contributed by atoms with Gasteiger partial charge in [-0.2, -0.15) is 9.67 Å². The second-order valence-electron chi connectivity index (χ2n) is 6.18. The van der Waals surface area contributed by atoms with Gasteiger partial charge in [-0.15, -0.1) is 0 Å². The third-order valence-electron chi connectivity index (χ3n) is 4.03. The van der Waals surface area contributed by atoms with Gasteiger partial charge in [-0.1, -0.05) is 34.4 Å². The summed E-state index contributed by atoms with van der Waals surface area (Å²) in [6, 6.07) is 6.45. The summed E-state index contributed by atoms with van der Waals surface area (Å²) in [5.41, 5.74) is 0.745. The van der Waals surface area contributed by atoms with Crippen molar-refractivity contribution in [2.75, 3.05) is 13.1 Å². The number of hydrogen-bond donors (Lipinski definition) is 2. The lowest BCUT2D eigenvalue weighted by molar-refractivity contribution is -0.389. The molecule has 0 aliphatic rings. The molecule has 0 bridgehead atoms. The molecule has 14 heteroatoms. The fourth-order valence-corrected chi connectivity index (χ4v) is 2.88. The van der Waals surface area contributed by atoms with Crippen LogP contribution < -0.4 is 10.6 Å². The molecule has 31 heavy (non-hydrogen) atoms. The van der Waals surface area contributed by atoms with Crippen molar-refractivity contribution in [3.05, 3.63) is 67.4 Å². The van der Waals surface area contributed by atoms with Crippen LogP contribution in [0.3, 0.4) is 0 Å². The standard InChI is InChI=1S/C17H15Cl2N7O5/c1-9-13(19)14(26(29)30)23-25(9)8-12-22-17(31-24-12)16(28)21-6-5-20-15(27)10-3-2-4-11(18)7-10/h2-4,7H,5-6,8H2,1H3,(H,20,27)(H,21,28). The Bertz CT molecular complexity index is 1140. The summed E-state index contributed by atoms with van der Waals surface area (Å²) in [5.74, 6) is -1.69. The van der Waals surface area contributed by atoms with Gasteiger partial charge >= 0.3 is 17.6 Å². The van der Waals surface area contributed by atoms with E-state index in [0.29, 0.717) is 16.3 Å². The van der Waals surface area contributed by atoms with Crippen molar-refractivity contribution < 1.29 is 19.0 Å². The topological polar surface area (TPSA) is 158 Å². The van der Waals surface area contributed by atoms with Crippen LogP contribution in [0.15, 0.2) is 28.8 Å². The number of nitrogens with one attached hydrogen (secondary N) is 2. The van der Waals surface area contributed by atoms with Crippen molar-refractivity contribution >= 4 is 40.8 Å². The van der Waals surface area contributed by atoms with E-state index in [1.165, 1.54) is 10.7 Å². The second-order valence-corrected chi connectivity index (χ2v) is 6.99. The van der Waals surface area contributed by atoms with Crippen LogP contribution in [0.25, 0.3) is 0 Å². The first-order valence-electron chi connectivity index (χ1n) is 8.78. The average molecular weight is 468 g/mol. The average Bonchev–Trinajstić information content (AvgIpc) is 3.31. The minimum atomic E-state index is -0.702. The Morgan fingerprint density at radius 1 is 1.23 bits per heavy atom. The van der Waals surface area contributed by atoms with E-state index in [1.807, 2.05) is 0 Å². The molecule has 0 aliphatic heterocycles. The van der Waals surface area contributed by atoms with Gasteiger partial charge in [-0.05, 0) is 30.0 Å². The Morgan fingerprint density at radius 2 is 1.94 bits per heavy atom. The maximum absolute atomic E-state index is 12.1. The lowest BCUT2D eigenvalue weighted by Crippen LogP contribution is -2.34. The van der Waals surface area contributed by atoms with Gasteiger partial charge in [0.15, 0.2) is 10.8 Å². The second kappa shape index (κ2) is 9.53. The summed E-state index contributed by atoms with van der Waals surface area (Å²) < 4.78 is 6.14. The monoisotopic (exact) mass is 467 g/mol. The van der Waals surface area contributed by atoms with Gasteiger partial charge in [-0.3, -0.25) is 9.59 Å². The van der Waals surface area contributed by atoms with Gasteiger partial charge in [0.05, 0.1) is 10.8 Å². The minimum Gasteiger partial charge on any atom is -0.358 e. The van der Waals surface area contributed by atoms with Crippen molar-refractivity contribution in [2.45, 2.75) is 13.5 Å². The summed E-state index contributed by atoms with van der Waals surface area (Å²) in [6.07, 6.45) is 0. The summed E-state index contributed by atoms with van der Waals surface area (Å²) >= 11 is 11.7. The Balaban J connectivity index is 1.51. The van der Waals surface area contributed by atoms with E-state index in [2.05, 4.69) is 25.9 Å². The Hall–Kier alpha value is -3.51. The van der Waals surface area contributed by atoms with E-state index >= 15 is 0 Å². The van der Waals surface area contributed by atoms with Crippen LogP contribution >= 0.6 is 23.2 Å². The zero-order chi connectivity index (χ0) is 22.5. The fraction of sp³-hybridized carbons (Fsp3) is 0.235. The molecule has 1 aromatic carbocycles. The molecule has 3 aromatic rings. The maximum Gasteiger partial charge on any atom is 0.408 e. The van der Waals surface area contributed by atoms with E-state index in [0.717, 1.165) is 0 Å². The van der Waals surface area contributed by atoms with Crippen LogP contribution in [-0.2, 0) is 6.54 Å². The van der Waals surface area contributed by atoms with Gasteiger partial charge in [0, 0.05) is 23.7 Å². The SMILES string of the molecule is Cc1c(Cl)c([N+](=O)[O-])nn1Cc1noc(C(=O)NCCNC(=O)c2cccc(Cl)c2)n1. The first-order valence-corrected chi connectivity index (χ1v) is 9.53. The number of carbonyl (C=O) groups is 2. The van der Waals surface area contributed by atoms with Gasteiger partial charge < -0.3 is 25.3 Å². The van der Waals surface area contributed by atoms with Crippen LogP contribution in [-0.4, -0.2) is 49.7 Å². The number of amides is 2. The number of aromatic nitrogens is 4. The molecule has 2 amide bonds. The number of nitrogens with zero attached hydrogens (tertiary/aromatic N) is 5. The van der Waals surface area contributed by atoms with Crippen molar-refractivity contribution in [3.63, 3.8) is 0 Å². The van der Waals surface area contributed by atoms with Crippen LogP contribution in [0.2, 0.25) is 10.0 Å². The first kappa shape index (κ1) is 22.2. The van der Waals surface area contributed by atoms with E-state index in [1.54, 1.807) is 25.1 Å². The smallest absolute Gasteiger partial charge is 0.358 e. The third kappa shape index (κ3) is 5.35. The summed E-state index contributed by atoms with van der Waals surface area (Å²) in [4.78, 5) is 38.3. The highest BCUT2D eigenvalue weighted by atomic mass is 35.5. The zero-order valence-electron chi connectivity index (χ0n) is 16.0. The predicted molar refractivity (Wildman–Crippen MR) is 108 cm³/mol. The molecule has 162 valence electrons. The summed E-state index contributed by atoms with van der Waals surface area (Å²) in [7, 11) is 0. The molecular weight excluding hydrogens is 453 g/mol. The molecule has 0 saturated heterocycles. The van der Waals surface area contributed by atoms with E-state index in [4.69, 9.17) is 27.7 Å². The van der Waals surface area contributed by atoms with E-state index in [-0.39, 0.29) is 42.3 Å².